The van der Waals surface area contributed by atoms with Gasteiger partial charge in [0, 0.05) is 6.54 Å². The zero-order chi connectivity index (χ0) is 22.6. The van der Waals surface area contributed by atoms with E-state index in [2.05, 4.69) is 0 Å². The quantitative estimate of drug-likeness (QED) is 0.509. The predicted molar refractivity (Wildman–Crippen MR) is 118 cm³/mol. The van der Waals surface area contributed by atoms with E-state index in [9.17, 15) is 13.2 Å². The summed E-state index contributed by atoms with van der Waals surface area (Å²) in [5, 5.41) is 0. The van der Waals surface area contributed by atoms with E-state index in [0.717, 1.165) is 16.9 Å². The van der Waals surface area contributed by atoms with Gasteiger partial charge in [-0.2, -0.15) is 8.42 Å². The fraction of sp³-hybridized carbons (Fsp3) is 0.208. The number of hydrogen-bond acceptors (Lipinski definition) is 6. The van der Waals surface area contributed by atoms with Crippen molar-refractivity contribution in [2.24, 2.45) is 0 Å². The summed E-state index contributed by atoms with van der Waals surface area (Å²) in [7, 11) is -2.29. The molecule has 7 nitrogen and oxygen atoms in total. The van der Waals surface area contributed by atoms with E-state index in [4.69, 9.17) is 13.7 Å². The standard InChI is InChI=1S/C24H23NO6S/c1-29-20-11-7-18(8-12-20)15-25-16-23(30-17-24(25)26)19-9-13-21(14-10-19)31-32(27,28)22-5-3-2-4-6-22/h2-14,23H,15-17H2,1H3. The van der Waals surface area contributed by atoms with Crippen LogP contribution >= 0.6 is 0 Å². The molecule has 0 bridgehead atoms. The van der Waals surface area contributed by atoms with Crippen molar-refractivity contribution in [3.8, 4) is 11.5 Å². The largest absolute Gasteiger partial charge is 0.497 e. The molecule has 0 aromatic heterocycles. The van der Waals surface area contributed by atoms with Crippen molar-refractivity contribution < 1.29 is 26.9 Å². The van der Waals surface area contributed by atoms with Gasteiger partial charge in [-0.3, -0.25) is 4.79 Å². The van der Waals surface area contributed by atoms with E-state index >= 15 is 0 Å². The van der Waals surface area contributed by atoms with Crippen LogP contribution in [0.1, 0.15) is 17.2 Å². The minimum atomic E-state index is -3.90. The molecule has 166 valence electrons. The van der Waals surface area contributed by atoms with Crippen LogP contribution in [0.2, 0.25) is 0 Å². The molecule has 0 radical (unpaired) electrons. The molecule has 0 N–H and O–H groups in total. The number of nitrogens with zero attached hydrogens (tertiary/aromatic N) is 1. The molecule has 0 saturated carbocycles. The van der Waals surface area contributed by atoms with Crippen molar-refractivity contribution in [3.63, 3.8) is 0 Å². The number of rotatable bonds is 7. The Hall–Kier alpha value is -3.36. The van der Waals surface area contributed by atoms with E-state index in [1.807, 2.05) is 24.3 Å². The van der Waals surface area contributed by atoms with E-state index in [0.29, 0.717) is 13.1 Å². The molecule has 3 aromatic carbocycles. The van der Waals surface area contributed by atoms with Gasteiger partial charge in [0.25, 0.3) is 0 Å². The Labute approximate surface area is 187 Å². The smallest absolute Gasteiger partial charge is 0.339 e. The maximum atomic E-state index is 12.4. The molecule has 4 rings (SSSR count). The van der Waals surface area contributed by atoms with Crippen LogP contribution in [0.15, 0.2) is 83.8 Å². The monoisotopic (exact) mass is 453 g/mol. The predicted octanol–water partition coefficient (Wildman–Crippen LogP) is 3.56. The van der Waals surface area contributed by atoms with E-state index in [1.165, 1.54) is 12.1 Å². The third-order valence-electron chi connectivity index (χ3n) is 5.17. The lowest BCUT2D eigenvalue weighted by Crippen LogP contribution is -2.42. The molecule has 0 spiro atoms. The summed E-state index contributed by atoms with van der Waals surface area (Å²) in [6.07, 6.45) is -0.314. The minimum Gasteiger partial charge on any atom is -0.497 e. The first-order valence-electron chi connectivity index (χ1n) is 10.1. The van der Waals surface area contributed by atoms with Crippen LogP contribution in [0, 0.1) is 0 Å². The van der Waals surface area contributed by atoms with Crippen molar-refractivity contribution in [2.45, 2.75) is 17.5 Å². The summed E-state index contributed by atoms with van der Waals surface area (Å²) >= 11 is 0. The number of carbonyl (C=O) groups is 1. The molecule has 1 unspecified atom stereocenters. The summed E-state index contributed by atoms with van der Waals surface area (Å²) in [5.41, 5.74) is 1.83. The molecular formula is C24H23NO6S. The Morgan fingerprint density at radius 1 is 0.938 bits per heavy atom. The molecule has 0 aliphatic carbocycles. The normalized spacial score (nSPS) is 16.6. The lowest BCUT2D eigenvalue weighted by atomic mass is 10.1. The minimum absolute atomic E-state index is 0.0124. The third-order valence-corrected chi connectivity index (χ3v) is 6.43. The third kappa shape index (κ3) is 5.09. The van der Waals surface area contributed by atoms with Crippen LogP contribution < -0.4 is 8.92 Å². The fourth-order valence-electron chi connectivity index (χ4n) is 3.42. The highest BCUT2D eigenvalue weighted by molar-refractivity contribution is 7.87. The Morgan fingerprint density at radius 3 is 2.25 bits per heavy atom. The van der Waals surface area contributed by atoms with Gasteiger partial charge in [0.15, 0.2) is 0 Å². The lowest BCUT2D eigenvalue weighted by Gasteiger charge is -2.33. The van der Waals surface area contributed by atoms with Gasteiger partial charge >= 0.3 is 10.1 Å². The van der Waals surface area contributed by atoms with Crippen LogP contribution in [0.25, 0.3) is 0 Å². The zero-order valence-corrected chi connectivity index (χ0v) is 18.3. The summed E-state index contributed by atoms with van der Waals surface area (Å²) < 4.78 is 40.9. The highest BCUT2D eigenvalue weighted by atomic mass is 32.2. The number of hydrogen-bond donors (Lipinski definition) is 0. The van der Waals surface area contributed by atoms with Crippen LogP contribution in [0.4, 0.5) is 0 Å². The molecule has 1 saturated heterocycles. The van der Waals surface area contributed by atoms with Crippen LogP contribution in [0.5, 0.6) is 11.5 Å². The van der Waals surface area contributed by atoms with Crippen molar-refractivity contribution in [1.82, 2.24) is 4.90 Å². The number of amides is 1. The summed E-state index contributed by atoms with van der Waals surface area (Å²) in [6, 6.07) is 22.2. The topological polar surface area (TPSA) is 82.1 Å². The second kappa shape index (κ2) is 9.42. The zero-order valence-electron chi connectivity index (χ0n) is 17.5. The Balaban J connectivity index is 1.42. The Morgan fingerprint density at radius 2 is 1.59 bits per heavy atom. The second-order valence-corrected chi connectivity index (χ2v) is 8.89. The van der Waals surface area contributed by atoms with Gasteiger partial charge in [-0.05, 0) is 47.5 Å². The molecule has 1 aliphatic heterocycles. The van der Waals surface area contributed by atoms with Gasteiger partial charge in [-0.1, -0.05) is 42.5 Å². The molecule has 1 amide bonds. The van der Waals surface area contributed by atoms with Gasteiger partial charge < -0.3 is 18.6 Å². The lowest BCUT2D eigenvalue weighted by molar-refractivity contribution is -0.150. The first-order valence-corrected chi connectivity index (χ1v) is 11.5. The van der Waals surface area contributed by atoms with Gasteiger partial charge in [-0.25, -0.2) is 0 Å². The molecule has 1 fully saturated rings. The van der Waals surface area contributed by atoms with E-state index < -0.39 is 10.1 Å². The van der Waals surface area contributed by atoms with E-state index in [-0.39, 0.29) is 29.3 Å². The maximum absolute atomic E-state index is 12.4. The Kier molecular flexibility index (Phi) is 6.43. The molecular weight excluding hydrogens is 430 g/mol. The first kappa shape index (κ1) is 21.9. The van der Waals surface area contributed by atoms with Crippen molar-refractivity contribution in [3.05, 3.63) is 90.0 Å². The van der Waals surface area contributed by atoms with Gasteiger partial charge in [0.1, 0.15) is 29.1 Å². The maximum Gasteiger partial charge on any atom is 0.339 e. The molecule has 1 atom stereocenters. The van der Waals surface area contributed by atoms with Crippen molar-refractivity contribution in [1.29, 1.82) is 0 Å². The highest BCUT2D eigenvalue weighted by Gasteiger charge is 2.27. The number of benzene rings is 3. The molecule has 1 aliphatic rings. The number of methoxy groups -OCH3 is 1. The average Bonchev–Trinajstić information content (AvgIpc) is 2.82. The average molecular weight is 454 g/mol. The molecule has 3 aromatic rings. The van der Waals surface area contributed by atoms with Crippen molar-refractivity contribution >= 4 is 16.0 Å². The SMILES string of the molecule is COc1ccc(CN2CC(c3ccc(OS(=O)(=O)c4ccccc4)cc3)OCC2=O)cc1. The summed E-state index contributed by atoms with van der Waals surface area (Å²) in [6.45, 7) is 0.855. The molecule has 32 heavy (non-hydrogen) atoms. The molecule has 8 heteroatoms. The Bertz CT molecular complexity index is 1160. The highest BCUT2D eigenvalue weighted by Crippen LogP contribution is 2.27. The number of ether oxygens (including phenoxy) is 2. The number of carbonyl (C=O) groups excluding carboxylic acids is 1. The van der Waals surface area contributed by atoms with Crippen LogP contribution in [0.3, 0.4) is 0 Å². The van der Waals surface area contributed by atoms with E-state index in [1.54, 1.807) is 54.5 Å². The molecule has 1 heterocycles. The van der Waals surface area contributed by atoms with Gasteiger partial charge in [-0.15, -0.1) is 0 Å². The van der Waals surface area contributed by atoms with Crippen LogP contribution in [-0.4, -0.2) is 39.5 Å². The van der Waals surface area contributed by atoms with Gasteiger partial charge in [0.05, 0.1) is 13.7 Å². The second-order valence-electron chi connectivity index (χ2n) is 7.34. The van der Waals surface area contributed by atoms with Crippen LogP contribution in [-0.2, 0) is 26.2 Å². The summed E-state index contributed by atoms with van der Waals surface area (Å²) in [4.78, 5) is 14.2. The van der Waals surface area contributed by atoms with Crippen molar-refractivity contribution in [2.75, 3.05) is 20.3 Å². The number of morpholine rings is 1. The fourth-order valence-corrected chi connectivity index (χ4v) is 4.37. The first-order chi connectivity index (χ1) is 15.4. The summed E-state index contributed by atoms with van der Waals surface area (Å²) in [5.74, 6) is 0.891. The van der Waals surface area contributed by atoms with Gasteiger partial charge in [0.2, 0.25) is 5.91 Å².